The lowest BCUT2D eigenvalue weighted by atomic mass is 9.94. The third-order valence-corrected chi connectivity index (χ3v) is 9.96. The number of benzene rings is 3. The number of hydrogen-bond donors (Lipinski definition) is 1. The van der Waals surface area contributed by atoms with Crippen molar-refractivity contribution in [2.75, 3.05) is 11.5 Å². The maximum atomic E-state index is 13.7. The van der Waals surface area contributed by atoms with Gasteiger partial charge in [-0.3, -0.25) is 14.5 Å². The van der Waals surface area contributed by atoms with Crippen molar-refractivity contribution in [1.29, 1.82) is 0 Å². The first-order valence-corrected chi connectivity index (χ1v) is 16.8. The molecule has 1 amide bonds. The van der Waals surface area contributed by atoms with Crippen LogP contribution in [0.15, 0.2) is 76.6 Å². The highest BCUT2D eigenvalue weighted by molar-refractivity contribution is 8.00. The van der Waals surface area contributed by atoms with Gasteiger partial charge in [-0.15, -0.1) is 10.2 Å². The van der Waals surface area contributed by atoms with E-state index in [2.05, 4.69) is 48.3 Å². The number of aliphatic hydroxyl groups is 1. The van der Waals surface area contributed by atoms with E-state index in [1.165, 1.54) is 33.6 Å². The van der Waals surface area contributed by atoms with E-state index in [1.54, 1.807) is 12.1 Å². The number of Topliss-reactive ketones (excluding diaryl/α,β-unsaturated/α-hetero) is 1. The molecule has 232 valence electrons. The number of carbonyl (C=O) groups is 2. The molecule has 0 radical (unpaired) electrons. The number of fused-ring (bicyclic) bond motifs is 1. The number of ether oxygens (including phenoxy) is 2. The second-order valence-corrected chi connectivity index (χ2v) is 14.0. The molecule has 0 bridgehead atoms. The summed E-state index contributed by atoms with van der Waals surface area (Å²) in [6, 6.07) is 20.0. The minimum Gasteiger partial charge on any atom is -0.507 e. The van der Waals surface area contributed by atoms with Crippen LogP contribution < -0.4 is 14.4 Å². The molecule has 3 aromatic carbocycles. The Morgan fingerprint density at radius 3 is 2.69 bits per heavy atom. The van der Waals surface area contributed by atoms with Crippen LogP contribution in [0.1, 0.15) is 61.1 Å². The van der Waals surface area contributed by atoms with E-state index in [-0.39, 0.29) is 22.6 Å². The standard InChI is InChI=1S/C35H35N3O5S2/c1-20(2)14-15-42-27-7-5-6-24(18-27)30-29(31(39)25-12-13-28-26(17-25)16-22(4)43-28)32(40)33(41)38(30)34-36-37-35(45-34)44-19-23-10-8-21(3)9-11-23/h5-13,17-18,20,22,30,39H,14-16,19H2,1-4H3/t22-,30+/m1/s1. The van der Waals surface area contributed by atoms with Gasteiger partial charge in [-0.2, -0.15) is 0 Å². The number of carbonyl (C=O) groups excluding carboxylic acids is 2. The van der Waals surface area contributed by atoms with Gasteiger partial charge in [0.05, 0.1) is 18.2 Å². The second-order valence-electron chi connectivity index (χ2n) is 11.9. The molecule has 2 atom stereocenters. The quantitative estimate of drug-likeness (QED) is 0.0624. The Balaban J connectivity index is 1.37. The molecule has 0 saturated carbocycles. The number of aryl methyl sites for hydroxylation is 1. The van der Waals surface area contributed by atoms with Gasteiger partial charge in [-0.25, -0.2) is 0 Å². The molecule has 2 aliphatic heterocycles. The molecule has 0 aliphatic carbocycles. The van der Waals surface area contributed by atoms with E-state index in [0.717, 1.165) is 23.3 Å². The van der Waals surface area contributed by atoms with Crippen LogP contribution in [0.3, 0.4) is 0 Å². The molecule has 6 rings (SSSR count). The SMILES string of the molecule is Cc1ccc(CSc2nnc(N3C(=O)C(=O)C(=C(O)c4ccc5c(c4)C[C@@H](C)O5)[C@@H]3c3cccc(OCCC(C)C)c3)s2)cc1. The topological polar surface area (TPSA) is 102 Å². The van der Waals surface area contributed by atoms with E-state index >= 15 is 0 Å². The summed E-state index contributed by atoms with van der Waals surface area (Å²) >= 11 is 2.76. The van der Waals surface area contributed by atoms with Crippen molar-refractivity contribution in [3.63, 3.8) is 0 Å². The number of aliphatic hydroxyl groups excluding tert-OH is 1. The fourth-order valence-corrected chi connectivity index (χ4v) is 7.27. The zero-order valence-corrected chi connectivity index (χ0v) is 27.3. The van der Waals surface area contributed by atoms with Crippen LogP contribution in [0.4, 0.5) is 5.13 Å². The number of anilines is 1. The van der Waals surface area contributed by atoms with Gasteiger partial charge >= 0.3 is 5.91 Å². The number of thioether (sulfide) groups is 1. The van der Waals surface area contributed by atoms with E-state index in [1.807, 2.05) is 44.2 Å². The largest absolute Gasteiger partial charge is 0.507 e. The van der Waals surface area contributed by atoms with Crippen molar-refractivity contribution in [1.82, 2.24) is 10.2 Å². The van der Waals surface area contributed by atoms with Gasteiger partial charge in [-0.1, -0.05) is 78.9 Å². The monoisotopic (exact) mass is 641 g/mol. The highest BCUT2D eigenvalue weighted by Gasteiger charge is 2.48. The number of nitrogens with zero attached hydrogens (tertiary/aromatic N) is 3. The molecule has 10 heteroatoms. The van der Waals surface area contributed by atoms with Crippen molar-refractivity contribution in [2.24, 2.45) is 5.92 Å². The Morgan fingerprint density at radius 1 is 1.11 bits per heavy atom. The van der Waals surface area contributed by atoms with Crippen molar-refractivity contribution in [2.45, 2.75) is 62.8 Å². The van der Waals surface area contributed by atoms with E-state index in [0.29, 0.717) is 45.9 Å². The van der Waals surface area contributed by atoms with Crippen LogP contribution in [-0.2, 0) is 21.8 Å². The van der Waals surface area contributed by atoms with Crippen LogP contribution in [0, 0.1) is 12.8 Å². The molecule has 0 spiro atoms. The fraction of sp³-hybridized carbons (Fsp3) is 0.314. The van der Waals surface area contributed by atoms with Crippen LogP contribution in [0.2, 0.25) is 0 Å². The lowest BCUT2D eigenvalue weighted by molar-refractivity contribution is -0.132. The molecular weight excluding hydrogens is 607 g/mol. The van der Waals surface area contributed by atoms with Gasteiger partial charge in [0.25, 0.3) is 5.78 Å². The van der Waals surface area contributed by atoms with Crippen molar-refractivity contribution in [3.8, 4) is 11.5 Å². The molecule has 2 aliphatic rings. The number of amides is 1. The van der Waals surface area contributed by atoms with Gasteiger partial charge in [0, 0.05) is 17.7 Å². The van der Waals surface area contributed by atoms with Crippen molar-refractivity contribution < 1.29 is 24.2 Å². The lowest BCUT2D eigenvalue weighted by Crippen LogP contribution is -2.29. The molecular formula is C35H35N3O5S2. The van der Waals surface area contributed by atoms with Crippen LogP contribution in [0.25, 0.3) is 5.76 Å². The Bertz CT molecular complexity index is 1770. The first-order valence-electron chi connectivity index (χ1n) is 15.0. The highest BCUT2D eigenvalue weighted by Crippen LogP contribution is 2.45. The average Bonchev–Trinajstić information content (AvgIpc) is 3.71. The predicted molar refractivity (Wildman–Crippen MR) is 177 cm³/mol. The third-order valence-electron chi connectivity index (χ3n) is 7.84. The van der Waals surface area contributed by atoms with Gasteiger partial charge in [0.2, 0.25) is 5.13 Å². The molecule has 1 aromatic heterocycles. The zero-order chi connectivity index (χ0) is 31.7. The van der Waals surface area contributed by atoms with Crippen LogP contribution in [-0.4, -0.2) is 39.7 Å². The molecule has 3 heterocycles. The van der Waals surface area contributed by atoms with Gasteiger partial charge in [0.15, 0.2) is 4.34 Å². The first-order chi connectivity index (χ1) is 21.7. The summed E-state index contributed by atoms with van der Waals surface area (Å²) < 4.78 is 12.5. The zero-order valence-electron chi connectivity index (χ0n) is 25.6. The van der Waals surface area contributed by atoms with E-state index in [9.17, 15) is 14.7 Å². The second kappa shape index (κ2) is 13.1. The Kier molecular flexibility index (Phi) is 8.96. The summed E-state index contributed by atoms with van der Waals surface area (Å²) in [6.07, 6.45) is 1.60. The average molecular weight is 642 g/mol. The summed E-state index contributed by atoms with van der Waals surface area (Å²) in [5, 5.41) is 20.7. The third kappa shape index (κ3) is 6.62. The minimum absolute atomic E-state index is 0.00435. The fourth-order valence-electron chi connectivity index (χ4n) is 5.44. The summed E-state index contributed by atoms with van der Waals surface area (Å²) in [5.74, 6) is 0.757. The Hall–Kier alpha value is -4.15. The molecule has 8 nitrogen and oxygen atoms in total. The number of ketones is 1. The first kappa shape index (κ1) is 30.9. The number of rotatable bonds is 10. The van der Waals surface area contributed by atoms with Crippen LogP contribution >= 0.6 is 23.1 Å². The maximum Gasteiger partial charge on any atom is 0.301 e. The van der Waals surface area contributed by atoms with Crippen LogP contribution in [0.5, 0.6) is 11.5 Å². The van der Waals surface area contributed by atoms with Gasteiger partial charge in [-0.05, 0) is 73.2 Å². The van der Waals surface area contributed by atoms with E-state index < -0.39 is 17.7 Å². The maximum absolute atomic E-state index is 13.7. The molecule has 1 N–H and O–H groups in total. The number of aromatic nitrogens is 2. The normalized spacial score (nSPS) is 18.8. The summed E-state index contributed by atoms with van der Waals surface area (Å²) in [4.78, 5) is 28.8. The highest BCUT2D eigenvalue weighted by atomic mass is 32.2. The smallest absolute Gasteiger partial charge is 0.301 e. The molecule has 1 saturated heterocycles. The summed E-state index contributed by atoms with van der Waals surface area (Å²) in [5.41, 5.74) is 4.35. The molecule has 1 fully saturated rings. The molecule has 0 unspecified atom stereocenters. The van der Waals surface area contributed by atoms with Crippen molar-refractivity contribution >= 4 is 45.7 Å². The van der Waals surface area contributed by atoms with Gasteiger partial charge in [0.1, 0.15) is 23.4 Å². The Labute approximate surface area is 271 Å². The number of hydrogen-bond acceptors (Lipinski definition) is 9. The predicted octanol–water partition coefficient (Wildman–Crippen LogP) is 7.51. The lowest BCUT2D eigenvalue weighted by Gasteiger charge is -2.23. The molecule has 4 aromatic rings. The van der Waals surface area contributed by atoms with Gasteiger partial charge < -0.3 is 14.6 Å². The molecule has 45 heavy (non-hydrogen) atoms. The summed E-state index contributed by atoms with van der Waals surface area (Å²) in [6.45, 7) is 8.83. The van der Waals surface area contributed by atoms with Crippen molar-refractivity contribution in [3.05, 3.63) is 100 Å². The summed E-state index contributed by atoms with van der Waals surface area (Å²) in [7, 11) is 0. The minimum atomic E-state index is -0.926. The van der Waals surface area contributed by atoms with E-state index in [4.69, 9.17) is 9.47 Å². The Morgan fingerprint density at radius 2 is 1.91 bits per heavy atom.